The molecule has 3 heteroatoms. The Bertz CT molecular complexity index is 453. The number of aliphatic hydroxyl groups is 1. The Hall–Kier alpha value is -1.17. The van der Waals surface area contributed by atoms with E-state index >= 15 is 0 Å². The summed E-state index contributed by atoms with van der Waals surface area (Å²) in [6.45, 7) is 0. The highest BCUT2D eigenvalue weighted by molar-refractivity contribution is 6.30. The predicted octanol–water partition coefficient (Wildman–Crippen LogP) is 2.58. The molecule has 0 radical (unpaired) electrons. The minimum Gasteiger partial charge on any atom is -0.398 e. The quantitative estimate of drug-likeness (QED) is 0.536. The number of halogens is 1. The number of benzene rings is 1. The van der Waals surface area contributed by atoms with Gasteiger partial charge in [-0.05, 0) is 43.9 Å². The first-order valence-electron chi connectivity index (χ1n) is 5.40. The molecule has 84 valence electrons. The Morgan fingerprint density at radius 3 is 2.69 bits per heavy atom. The normalized spacial score (nSPS) is 17.9. The lowest BCUT2D eigenvalue weighted by atomic mass is 10.0. The summed E-state index contributed by atoms with van der Waals surface area (Å²) in [6.07, 6.45) is 3.58. The zero-order valence-electron chi connectivity index (χ0n) is 8.96. The van der Waals surface area contributed by atoms with Crippen LogP contribution in [0, 0.1) is 11.8 Å². The fourth-order valence-electron chi connectivity index (χ4n) is 1.91. The lowest BCUT2D eigenvalue weighted by Crippen LogP contribution is -2.20. The van der Waals surface area contributed by atoms with Gasteiger partial charge in [-0.3, -0.25) is 0 Å². The first-order chi connectivity index (χ1) is 7.59. The van der Waals surface area contributed by atoms with E-state index in [1.807, 2.05) is 0 Å². The van der Waals surface area contributed by atoms with Gasteiger partial charge in [0.05, 0.1) is 0 Å². The molecule has 1 aromatic carbocycles. The maximum Gasteiger partial charge on any atom is 0.125 e. The van der Waals surface area contributed by atoms with Gasteiger partial charge in [-0.25, -0.2) is 0 Å². The largest absolute Gasteiger partial charge is 0.398 e. The molecule has 0 bridgehead atoms. The monoisotopic (exact) mass is 235 g/mol. The Labute approximate surface area is 100 Å². The Kier molecular flexibility index (Phi) is 3.09. The predicted molar refractivity (Wildman–Crippen MR) is 66.2 cm³/mol. The van der Waals surface area contributed by atoms with Crippen LogP contribution in [-0.2, 0) is 0 Å². The fraction of sp³-hybridized carbons (Fsp3) is 0.385. The van der Waals surface area contributed by atoms with E-state index in [1.165, 1.54) is 0 Å². The van der Waals surface area contributed by atoms with Crippen molar-refractivity contribution in [2.24, 2.45) is 0 Å². The number of rotatable bonds is 0. The van der Waals surface area contributed by atoms with Crippen LogP contribution in [0.25, 0.3) is 0 Å². The van der Waals surface area contributed by atoms with Gasteiger partial charge >= 0.3 is 0 Å². The van der Waals surface area contributed by atoms with Gasteiger partial charge in [0.15, 0.2) is 0 Å². The van der Waals surface area contributed by atoms with E-state index < -0.39 is 5.60 Å². The summed E-state index contributed by atoms with van der Waals surface area (Å²) < 4.78 is 0. The summed E-state index contributed by atoms with van der Waals surface area (Å²) in [7, 11) is 0. The highest BCUT2D eigenvalue weighted by Gasteiger charge is 2.28. The van der Waals surface area contributed by atoms with E-state index in [0.29, 0.717) is 16.3 Å². The zero-order chi connectivity index (χ0) is 11.6. The van der Waals surface area contributed by atoms with Crippen molar-refractivity contribution in [1.82, 2.24) is 0 Å². The molecule has 1 aromatic rings. The fourth-order valence-corrected chi connectivity index (χ4v) is 2.08. The summed E-state index contributed by atoms with van der Waals surface area (Å²) >= 11 is 5.86. The summed E-state index contributed by atoms with van der Waals surface area (Å²) in [5, 5.41) is 10.7. The van der Waals surface area contributed by atoms with E-state index in [1.54, 1.807) is 18.2 Å². The topological polar surface area (TPSA) is 46.2 Å². The van der Waals surface area contributed by atoms with Crippen LogP contribution in [0.4, 0.5) is 5.69 Å². The molecular formula is C13H14ClNO. The number of hydrogen-bond acceptors (Lipinski definition) is 2. The second kappa shape index (κ2) is 4.37. The molecule has 1 aliphatic carbocycles. The Morgan fingerprint density at radius 1 is 1.31 bits per heavy atom. The van der Waals surface area contributed by atoms with Crippen LogP contribution in [0.15, 0.2) is 18.2 Å². The van der Waals surface area contributed by atoms with Gasteiger partial charge in [0.2, 0.25) is 0 Å². The van der Waals surface area contributed by atoms with Crippen molar-refractivity contribution in [3.63, 3.8) is 0 Å². The molecule has 0 spiro atoms. The maximum absolute atomic E-state index is 10.1. The van der Waals surface area contributed by atoms with Crippen molar-refractivity contribution in [1.29, 1.82) is 0 Å². The lowest BCUT2D eigenvalue weighted by molar-refractivity contribution is 0.110. The van der Waals surface area contributed by atoms with Gasteiger partial charge in [-0.2, -0.15) is 0 Å². The van der Waals surface area contributed by atoms with Crippen molar-refractivity contribution in [2.45, 2.75) is 31.3 Å². The highest BCUT2D eigenvalue weighted by Crippen LogP contribution is 2.28. The van der Waals surface area contributed by atoms with Crippen molar-refractivity contribution in [3.8, 4) is 11.8 Å². The van der Waals surface area contributed by atoms with Crippen LogP contribution in [0.1, 0.15) is 31.2 Å². The average molecular weight is 236 g/mol. The Morgan fingerprint density at radius 2 is 2.00 bits per heavy atom. The van der Waals surface area contributed by atoms with E-state index in [2.05, 4.69) is 11.8 Å². The molecule has 0 saturated heterocycles. The number of hydrogen-bond donors (Lipinski definition) is 2. The number of nitrogen functional groups attached to an aromatic ring is 1. The molecule has 16 heavy (non-hydrogen) atoms. The van der Waals surface area contributed by atoms with Crippen LogP contribution in [0.2, 0.25) is 5.02 Å². The summed E-state index contributed by atoms with van der Waals surface area (Å²) in [5.41, 5.74) is 6.23. The molecule has 2 rings (SSSR count). The third-order valence-electron chi connectivity index (χ3n) is 2.88. The van der Waals surface area contributed by atoms with Crippen molar-refractivity contribution >= 4 is 17.3 Å². The minimum absolute atomic E-state index is 0.596. The molecule has 0 heterocycles. The molecular weight excluding hydrogens is 222 g/mol. The van der Waals surface area contributed by atoms with Crippen molar-refractivity contribution in [2.75, 3.05) is 5.73 Å². The van der Waals surface area contributed by atoms with Crippen molar-refractivity contribution in [3.05, 3.63) is 28.8 Å². The minimum atomic E-state index is -0.825. The number of anilines is 1. The summed E-state index contributed by atoms with van der Waals surface area (Å²) in [4.78, 5) is 0. The molecule has 3 N–H and O–H groups in total. The molecule has 0 atom stereocenters. The molecule has 0 aromatic heterocycles. The molecule has 1 fully saturated rings. The van der Waals surface area contributed by atoms with Gasteiger partial charge in [-0.1, -0.05) is 23.4 Å². The van der Waals surface area contributed by atoms with Gasteiger partial charge in [0.1, 0.15) is 5.60 Å². The van der Waals surface area contributed by atoms with Crippen LogP contribution < -0.4 is 5.73 Å². The smallest absolute Gasteiger partial charge is 0.125 e. The van der Waals surface area contributed by atoms with Crippen LogP contribution in [0.3, 0.4) is 0 Å². The molecule has 0 amide bonds. The summed E-state index contributed by atoms with van der Waals surface area (Å²) in [6, 6.07) is 5.18. The van der Waals surface area contributed by atoms with Crippen LogP contribution >= 0.6 is 11.6 Å². The van der Waals surface area contributed by atoms with E-state index in [-0.39, 0.29) is 0 Å². The van der Waals surface area contributed by atoms with Gasteiger partial charge in [-0.15, -0.1) is 0 Å². The highest BCUT2D eigenvalue weighted by atomic mass is 35.5. The SMILES string of the molecule is Nc1ccc(Cl)cc1C#CC1(O)CCCC1. The lowest BCUT2D eigenvalue weighted by Gasteiger charge is -2.12. The standard InChI is InChI=1S/C13H14ClNO/c14-11-3-4-12(15)10(9-11)5-8-13(16)6-1-2-7-13/h3-4,9,16H,1-2,6-7,15H2. The van der Waals surface area contributed by atoms with E-state index in [0.717, 1.165) is 25.7 Å². The average Bonchev–Trinajstić information content (AvgIpc) is 2.67. The van der Waals surface area contributed by atoms with Crippen molar-refractivity contribution < 1.29 is 5.11 Å². The molecule has 0 aliphatic heterocycles. The molecule has 1 saturated carbocycles. The third-order valence-corrected chi connectivity index (χ3v) is 3.11. The van der Waals surface area contributed by atoms with Gasteiger partial charge in [0.25, 0.3) is 0 Å². The third kappa shape index (κ3) is 2.49. The number of nitrogens with two attached hydrogens (primary N) is 1. The van der Waals surface area contributed by atoms with Gasteiger partial charge in [0, 0.05) is 16.3 Å². The molecule has 2 nitrogen and oxygen atoms in total. The second-order valence-corrected chi connectivity index (χ2v) is 4.66. The first kappa shape index (κ1) is 11.3. The van der Waals surface area contributed by atoms with Crippen LogP contribution in [-0.4, -0.2) is 10.7 Å². The maximum atomic E-state index is 10.1. The van der Waals surface area contributed by atoms with E-state index in [9.17, 15) is 5.11 Å². The second-order valence-electron chi connectivity index (χ2n) is 4.22. The molecule has 1 aliphatic rings. The Balaban J connectivity index is 2.26. The summed E-state index contributed by atoms with van der Waals surface area (Å²) in [5.74, 6) is 5.84. The van der Waals surface area contributed by atoms with Crippen LogP contribution in [0.5, 0.6) is 0 Å². The van der Waals surface area contributed by atoms with E-state index in [4.69, 9.17) is 17.3 Å². The molecule has 0 unspecified atom stereocenters. The van der Waals surface area contributed by atoms with Gasteiger partial charge < -0.3 is 10.8 Å². The first-order valence-corrected chi connectivity index (χ1v) is 5.77. The zero-order valence-corrected chi connectivity index (χ0v) is 9.72.